The van der Waals surface area contributed by atoms with Gasteiger partial charge in [0.05, 0.1) is 18.9 Å². The van der Waals surface area contributed by atoms with Crippen LogP contribution in [0, 0.1) is 5.92 Å². The largest absolute Gasteiger partial charge is 0.524 e. The van der Waals surface area contributed by atoms with Crippen LogP contribution >= 0.6 is 0 Å². The Morgan fingerprint density at radius 3 is 2.43 bits per heavy atom. The Balaban J connectivity index is 2.44. The molecule has 3 atom stereocenters. The molecule has 0 aliphatic carbocycles. The highest BCUT2D eigenvalue weighted by Crippen LogP contribution is 2.30. The lowest BCUT2D eigenvalue weighted by Gasteiger charge is -2.42. The number of amides is 2. The number of esters is 1. The molecule has 0 bridgehead atoms. The number of unbranched alkanes of at least 4 members (excludes halogenated alkanes) is 2. The maximum atomic E-state index is 14.0. The first kappa shape index (κ1) is 28.5. The number of nitrogens with zero attached hydrogens (tertiary/aromatic N) is 1. The number of ether oxygens (including phenoxy) is 2. The molecule has 1 aromatic carbocycles. The van der Waals surface area contributed by atoms with E-state index in [0.717, 1.165) is 18.4 Å². The topological polar surface area (TPSA) is 119 Å². The molecule has 1 aliphatic heterocycles. The average molecular weight is 492 g/mol. The Bertz CT molecular complexity index is 881. The Labute approximate surface area is 207 Å². The molecule has 1 fully saturated rings. The molecule has 0 aromatic heterocycles. The Hall–Kier alpha value is -2.78. The molecule has 2 N–H and O–H groups in total. The van der Waals surface area contributed by atoms with Crippen LogP contribution in [-0.2, 0) is 30.5 Å². The lowest BCUT2D eigenvalue weighted by Crippen LogP contribution is -2.74. The van der Waals surface area contributed by atoms with E-state index < -0.39 is 52.4 Å². The third-order valence-electron chi connectivity index (χ3n) is 6.05. The van der Waals surface area contributed by atoms with Crippen molar-refractivity contribution in [3.63, 3.8) is 0 Å². The van der Waals surface area contributed by atoms with Crippen molar-refractivity contribution in [3.8, 4) is 0 Å². The number of hydrogen-bond acceptors (Lipinski definition) is 7. The van der Waals surface area contributed by atoms with Crippen molar-refractivity contribution in [1.82, 2.24) is 5.32 Å². The fourth-order valence-corrected chi connectivity index (χ4v) is 4.30. The van der Waals surface area contributed by atoms with Gasteiger partial charge in [-0.25, -0.2) is 9.59 Å². The van der Waals surface area contributed by atoms with Gasteiger partial charge >= 0.3 is 23.9 Å². The molecule has 1 aliphatic rings. The van der Waals surface area contributed by atoms with Crippen LogP contribution in [0.3, 0.4) is 0 Å². The van der Waals surface area contributed by atoms with Crippen LogP contribution in [0.5, 0.6) is 0 Å². The van der Waals surface area contributed by atoms with Crippen LogP contribution in [-0.4, -0.2) is 64.8 Å². The number of aliphatic carboxylic acids is 1. The van der Waals surface area contributed by atoms with Crippen molar-refractivity contribution in [1.29, 1.82) is 0 Å². The van der Waals surface area contributed by atoms with E-state index >= 15 is 0 Å². The second-order valence-electron chi connectivity index (χ2n) is 10.0. The molecule has 0 spiro atoms. The van der Waals surface area contributed by atoms with E-state index in [4.69, 9.17) is 9.47 Å². The maximum Gasteiger partial charge on any atom is 0.524 e. The zero-order valence-corrected chi connectivity index (χ0v) is 21.2. The van der Waals surface area contributed by atoms with Crippen molar-refractivity contribution in [2.24, 2.45) is 5.92 Å². The number of quaternary nitrogens is 1. The fourth-order valence-electron chi connectivity index (χ4n) is 4.30. The summed E-state index contributed by atoms with van der Waals surface area (Å²) in [7, 11) is 0. The van der Waals surface area contributed by atoms with Crippen molar-refractivity contribution in [3.05, 3.63) is 35.9 Å². The Morgan fingerprint density at radius 1 is 1.14 bits per heavy atom. The van der Waals surface area contributed by atoms with Crippen LogP contribution in [0.4, 0.5) is 4.79 Å². The number of nitrogens with one attached hydrogen (secondary N) is 1. The average Bonchev–Trinajstić information content (AvgIpc) is 2.80. The number of carbonyl (C=O) groups is 4. The van der Waals surface area contributed by atoms with Gasteiger partial charge in [-0.05, 0) is 32.8 Å². The van der Waals surface area contributed by atoms with E-state index in [1.165, 1.54) is 0 Å². The molecule has 9 nitrogen and oxygen atoms in total. The smallest absolute Gasteiger partial charge is 0.481 e. The van der Waals surface area contributed by atoms with E-state index in [0.29, 0.717) is 19.4 Å². The molecular formula is C26H39N2O7+. The van der Waals surface area contributed by atoms with Crippen molar-refractivity contribution >= 4 is 23.9 Å². The molecule has 2 rings (SSSR count). The molecule has 0 saturated carbocycles. The third-order valence-corrected chi connectivity index (χ3v) is 6.05. The first-order chi connectivity index (χ1) is 16.5. The molecule has 194 valence electrons. The van der Waals surface area contributed by atoms with Gasteiger partial charge in [-0.1, -0.05) is 56.5 Å². The van der Waals surface area contributed by atoms with Gasteiger partial charge in [0.15, 0.2) is 0 Å². The maximum absolute atomic E-state index is 14.0. The summed E-state index contributed by atoms with van der Waals surface area (Å²) in [6, 6.07) is 7.93. The van der Waals surface area contributed by atoms with Crippen LogP contribution in [0.15, 0.2) is 30.3 Å². The highest BCUT2D eigenvalue weighted by Gasteiger charge is 2.60. The predicted molar refractivity (Wildman–Crippen MR) is 129 cm³/mol. The number of hydrogen-bond donors (Lipinski definition) is 2. The molecule has 1 aromatic rings. The normalized spacial score (nSPS) is 21.1. The van der Waals surface area contributed by atoms with E-state index in [1.54, 1.807) is 20.8 Å². The molecule has 0 radical (unpaired) electrons. The summed E-state index contributed by atoms with van der Waals surface area (Å²) in [6.45, 7) is 7.37. The van der Waals surface area contributed by atoms with Crippen LogP contribution in [0.25, 0.3) is 0 Å². The highest BCUT2D eigenvalue weighted by molar-refractivity contribution is 5.90. The Morgan fingerprint density at radius 2 is 1.83 bits per heavy atom. The molecule has 1 unspecified atom stereocenters. The lowest BCUT2D eigenvalue weighted by atomic mass is 9.93. The fraction of sp³-hybridized carbons (Fsp3) is 0.615. The van der Waals surface area contributed by atoms with Crippen molar-refractivity contribution in [2.75, 3.05) is 19.6 Å². The lowest BCUT2D eigenvalue weighted by molar-refractivity contribution is -0.806. The van der Waals surface area contributed by atoms with Crippen molar-refractivity contribution in [2.45, 2.75) is 78.0 Å². The number of carboxylic acid groups (broad SMARTS) is 1. The summed E-state index contributed by atoms with van der Waals surface area (Å²) in [5, 5.41) is 12.6. The quantitative estimate of drug-likeness (QED) is 0.289. The summed E-state index contributed by atoms with van der Waals surface area (Å²) in [4.78, 5) is 52.6. The third kappa shape index (κ3) is 7.86. The molecule has 9 heteroatoms. The standard InChI is InChI=1S/C26H38N2O7/c1-5-6-8-13-20(16-22(29)30)23(31)28(25(33)35-26(2,3)4)15-14-27-17-21(28)24(32)34-18-19-11-9-7-10-12-19/h7,9-12,20-21,27H,5-6,8,13-18H2,1-4H3/p+1/t20-,21?,28+/m0/s1. The van der Waals surface area contributed by atoms with E-state index in [1.807, 2.05) is 37.3 Å². The van der Waals surface area contributed by atoms with Gasteiger partial charge in [0.25, 0.3) is 0 Å². The summed E-state index contributed by atoms with van der Waals surface area (Å²) in [5.41, 5.74) is -0.133. The molecule has 1 heterocycles. The molecule has 1 saturated heterocycles. The number of carbonyl (C=O) groups excluding carboxylic acids is 3. The first-order valence-electron chi connectivity index (χ1n) is 12.3. The number of piperazine rings is 1. The minimum Gasteiger partial charge on any atom is -0.481 e. The summed E-state index contributed by atoms with van der Waals surface area (Å²) in [5.74, 6) is -3.35. The SMILES string of the molecule is CCCCC[C@@H](CC(=O)O)C(=O)[N@@+]1(C(=O)OC(C)(C)C)CCNCC1C(=O)OCc1ccccc1. The van der Waals surface area contributed by atoms with Crippen molar-refractivity contribution < 1.29 is 38.2 Å². The summed E-state index contributed by atoms with van der Waals surface area (Å²) < 4.78 is 10.3. The molecular weight excluding hydrogens is 452 g/mol. The van der Waals surface area contributed by atoms with Gasteiger partial charge < -0.3 is 19.9 Å². The van der Waals surface area contributed by atoms with Crippen LogP contribution in [0.2, 0.25) is 0 Å². The van der Waals surface area contributed by atoms with E-state index in [9.17, 15) is 24.3 Å². The Kier molecular flexibility index (Phi) is 10.4. The highest BCUT2D eigenvalue weighted by atomic mass is 16.6. The van der Waals surface area contributed by atoms with Gasteiger partial charge in [-0.2, -0.15) is 4.79 Å². The second-order valence-corrected chi connectivity index (χ2v) is 10.0. The second kappa shape index (κ2) is 12.8. The van der Waals surface area contributed by atoms with E-state index in [2.05, 4.69) is 5.32 Å². The minimum absolute atomic E-state index is 0.00621. The zero-order chi connectivity index (χ0) is 26.1. The summed E-state index contributed by atoms with van der Waals surface area (Å²) in [6.07, 6.45) is 1.44. The molecule has 35 heavy (non-hydrogen) atoms. The number of rotatable bonds is 10. The van der Waals surface area contributed by atoms with Gasteiger partial charge in [-0.3, -0.25) is 4.79 Å². The first-order valence-corrected chi connectivity index (χ1v) is 12.3. The van der Waals surface area contributed by atoms with Crippen LogP contribution < -0.4 is 5.32 Å². The minimum atomic E-state index is -1.18. The monoisotopic (exact) mass is 491 g/mol. The van der Waals surface area contributed by atoms with Gasteiger partial charge in [0.1, 0.15) is 18.8 Å². The molecule has 2 amide bonds. The zero-order valence-electron chi connectivity index (χ0n) is 21.2. The van der Waals surface area contributed by atoms with E-state index in [-0.39, 0.29) is 19.7 Å². The van der Waals surface area contributed by atoms with Gasteiger partial charge in [-0.15, -0.1) is 4.48 Å². The van der Waals surface area contributed by atoms with Crippen LogP contribution in [0.1, 0.15) is 65.4 Å². The van der Waals surface area contributed by atoms with Gasteiger partial charge in [0.2, 0.25) is 6.04 Å². The predicted octanol–water partition coefficient (Wildman–Crippen LogP) is 3.65. The number of imide groups is 1. The number of carboxylic acids is 1. The van der Waals surface area contributed by atoms with Gasteiger partial charge in [0, 0.05) is 6.54 Å². The number of benzene rings is 1. The summed E-state index contributed by atoms with van der Waals surface area (Å²) >= 11 is 0.